The van der Waals surface area contributed by atoms with E-state index in [0.717, 1.165) is 19.4 Å². The van der Waals surface area contributed by atoms with Crippen molar-refractivity contribution in [3.05, 3.63) is 22.2 Å². The monoisotopic (exact) mass is 280 g/mol. The van der Waals surface area contributed by atoms with Gasteiger partial charge in [-0.2, -0.15) is 0 Å². The van der Waals surface area contributed by atoms with Gasteiger partial charge < -0.3 is 15.0 Å². The van der Waals surface area contributed by atoms with Gasteiger partial charge >= 0.3 is 0 Å². The summed E-state index contributed by atoms with van der Waals surface area (Å²) in [6.45, 7) is 4.09. The number of nitrogens with zero attached hydrogens (tertiary/aromatic N) is 3. The molecule has 0 bridgehead atoms. The summed E-state index contributed by atoms with van der Waals surface area (Å²) in [5, 5.41) is 14.0. The second-order valence-electron chi connectivity index (χ2n) is 4.87. The number of anilines is 2. The molecule has 0 spiro atoms. The van der Waals surface area contributed by atoms with Gasteiger partial charge in [-0.05, 0) is 19.8 Å². The van der Waals surface area contributed by atoms with E-state index in [-0.39, 0.29) is 11.8 Å². The van der Waals surface area contributed by atoms with E-state index in [4.69, 9.17) is 4.74 Å². The van der Waals surface area contributed by atoms with Crippen molar-refractivity contribution in [2.75, 3.05) is 37.0 Å². The van der Waals surface area contributed by atoms with E-state index < -0.39 is 4.92 Å². The van der Waals surface area contributed by atoms with Gasteiger partial charge in [-0.25, -0.2) is 4.98 Å². The van der Waals surface area contributed by atoms with E-state index in [0.29, 0.717) is 24.7 Å². The first-order valence-electron chi connectivity index (χ1n) is 6.83. The Morgan fingerprint density at radius 2 is 2.40 bits per heavy atom. The molecule has 1 aliphatic heterocycles. The second-order valence-corrected chi connectivity index (χ2v) is 4.87. The van der Waals surface area contributed by atoms with Gasteiger partial charge in [-0.1, -0.05) is 0 Å². The van der Waals surface area contributed by atoms with Crippen molar-refractivity contribution in [2.24, 2.45) is 0 Å². The normalized spacial score (nSPS) is 18.0. The fourth-order valence-electron chi connectivity index (χ4n) is 2.26. The summed E-state index contributed by atoms with van der Waals surface area (Å²) >= 11 is 0. The molecule has 1 unspecified atom stereocenters. The summed E-state index contributed by atoms with van der Waals surface area (Å²) in [4.78, 5) is 16.9. The summed E-state index contributed by atoms with van der Waals surface area (Å²) in [6, 6.07) is 2.95. The summed E-state index contributed by atoms with van der Waals surface area (Å²) in [7, 11) is 1.88. The maximum absolute atomic E-state index is 11.0. The summed E-state index contributed by atoms with van der Waals surface area (Å²) in [5.41, 5.74) is 0.0464. The molecular formula is C13H20N4O3. The molecule has 1 saturated heterocycles. The molecule has 20 heavy (non-hydrogen) atoms. The Kier molecular flexibility index (Phi) is 4.73. The van der Waals surface area contributed by atoms with Crippen LogP contribution in [0.3, 0.4) is 0 Å². The fraction of sp³-hybridized carbons (Fsp3) is 0.615. The lowest BCUT2D eigenvalue weighted by molar-refractivity contribution is -0.384. The van der Waals surface area contributed by atoms with Crippen LogP contribution >= 0.6 is 0 Å². The van der Waals surface area contributed by atoms with E-state index in [1.54, 1.807) is 0 Å². The largest absolute Gasteiger partial charge is 0.376 e. The van der Waals surface area contributed by atoms with Crippen molar-refractivity contribution in [3.63, 3.8) is 0 Å². The Balaban J connectivity index is 2.17. The van der Waals surface area contributed by atoms with Crippen LogP contribution in [0.4, 0.5) is 17.3 Å². The van der Waals surface area contributed by atoms with Crippen molar-refractivity contribution in [2.45, 2.75) is 25.9 Å². The third kappa shape index (κ3) is 3.57. The zero-order valence-corrected chi connectivity index (χ0v) is 11.8. The molecule has 0 amide bonds. The number of pyridine rings is 1. The summed E-state index contributed by atoms with van der Waals surface area (Å²) < 4.78 is 5.58. The predicted octanol–water partition coefficient (Wildman–Crippen LogP) is 2.04. The lowest BCUT2D eigenvalue weighted by Crippen LogP contribution is -2.29. The molecule has 1 aromatic heterocycles. The molecule has 110 valence electrons. The zero-order chi connectivity index (χ0) is 14.5. The zero-order valence-electron chi connectivity index (χ0n) is 11.8. The molecule has 0 aliphatic carbocycles. The number of rotatable bonds is 6. The molecule has 7 nitrogen and oxygen atoms in total. The van der Waals surface area contributed by atoms with Gasteiger partial charge in [0.25, 0.3) is 5.69 Å². The van der Waals surface area contributed by atoms with Crippen molar-refractivity contribution in [3.8, 4) is 0 Å². The Bertz CT molecular complexity index is 475. The minimum absolute atomic E-state index is 0.0464. The van der Waals surface area contributed by atoms with Gasteiger partial charge in [0.2, 0.25) is 0 Å². The lowest BCUT2D eigenvalue weighted by Gasteiger charge is -2.22. The number of likely N-dealkylation sites (N-methyl/N-ethyl adjacent to an activating group) is 1. The third-order valence-corrected chi connectivity index (χ3v) is 3.26. The molecule has 1 N–H and O–H groups in total. The van der Waals surface area contributed by atoms with Crippen LogP contribution in [0.15, 0.2) is 12.1 Å². The smallest absolute Gasteiger partial charge is 0.276 e. The number of nitro groups is 1. The Labute approximate surface area is 118 Å². The topological polar surface area (TPSA) is 80.5 Å². The highest BCUT2D eigenvalue weighted by atomic mass is 16.6. The minimum atomic E-state index is -0.397. The average Bonchev–Trinajstić information content (AvgIpc) is 2.91. The highest BCUT2D eigenvalue weighted by molar-refractivity contribution is 5.55. The van der Waals surface area contributed by atoms with Gasteiger partial charge in [-0.3, -0.25) is 10.1 Å². The molecule has 0 aromatic carbocycles. The predicted molar refractivity (Wildman–Crippen MR) is 77.3 cm³/mol. The fourth-order valence-corrected chi connectivity index (χ4v) is 2.26. The maximum atomic E-state index is 11.0. The number of ether oxygens (including phenoxy) is 1. The van der Waals surface area contributed by atoms with Gasteiger partial charge in [0, 0.05) is 26.7 Å². The Morgan fingerprint density at radius 3 is 3.00 bits per heavy atom. The van der Waals surface area contributed by atoms with Gasteiger partial charge in [0.05, 0.1) is 23.2 Å². The summed E-state index contributed by atoms with van der Waals surface area (Å²) in [5.74, 6) is 1.11. The van der Waals surface area contributed by atoms with Crippen LogP contribution in [-0.4, -0.2) is 42.8 Å². The summed E-state index contributed by atoms with van der Waals surface area (Å²) in [6.07, 6.45) is 2.28. The number of hydrogen-bond acceptors (Lipinski definition) is 6. The SMILES string of the molecule is CCNc1cc([N+](=O)[O-])cc(N(C)CC2CCCO2)n1. The van der Waals surface area contributed by atoms with Crippen molar-refractivity contribution >= 4 is 17.3 Å². The molecule has 2 heterocycles. The highest BCUT2D eigenvalue weighted by Crippen LogP contribution is 2.24. The third-order valence-electron chi connectivity index (χ3n) is 3.26. The quantitative estimate of drug-likeness (QED) is 0.634. The van der Waals surface area contributed by atoms with Gasteiger partial charge in [0.1, 0.15) is 11.6 Å². The molecule has 1 atom stereocenters. The number of hydrogen-bond donors (Lipinski definition) is 1. The first kappa shape index (κ1) is 14.5. The lowest BCUT2D eigenvalue weighted by atomic mass is 10.2. The number of nitrogens with one attached hydrogen (secondary N) is 1. The van der Waals surface area contributed by atoms with Crippen LogP contribution < -0.4 is 10.2 Å². The average molecular weight is 280 g/mol. The van der Waals surface area contributed by atoms with Crippen LogP contribution in [-0.2, 0) is 4.74 Å². The standard InChI is InChI=1S/C13H20N4O3/c1-3-14-12-7-10(17(18)19)8-13(15-12)16(2)9-11-5-4-6-20-11/h7-8,11H,3-6,9H2,1-2H3,(H,14,15). The van der Waals surface area contributed by atoms with E-state index in [1.165, 1.54) is 12.1 Å². The molecule has 2 rings (SSSR count). The second kappa shape index (κ2) is 6.51. The molecule has 0 saturated carbocycles. The molecular weight excluding hydrogens is 260 g/mol. The highest BCUT2D eigenvalue weighted by Gasteiger charge is 2.20. The van der Waals surface area contributed by atoms with E-state index in [1.807, 2.05) is 18.9 Å². The van der Waals surface area contributed by atoms with E-state index >= 15 is 0 Å². The molecule has 1 aromatic rings. The Hall–Kier alpha value is -1.89. The Morgan fingerprint density at radius 1 is 1.60 bits per heavy atom. The van der Waals surface area contributed by atoms with Crippen LogP contribution in [0.5, 0.6) is 0 Å². The maximum Gasteiger partial charge on any atom is 0.276 e. The van der Waals surface area contributed by atoms with E-state index in [2.05, 4.69) is 10.3 Å². The molecule has 7 heteroatoms. The van der Waals surface area contributed by atoms with Crippen LogP contribution in [0.1, 0.15) is 19.8 Å². The number of aromatic nitrogens is 1. The van der Waals surface area contributed by atoms with Gasteiger partial charge in [-0.15, -0.1) is 0 Å². The van der Waals surface area contributed by atoms with Crippen LogP contribution in [0.25, 0.3) is 0 Å². The van der Waals surface area contributed by atoms with Crippen molar-refractivity contribution < 1.29 is 9.66 Å². The minimum Gasteiger partial charge on any atom is -0.376 e. The van der Waals surface area contributed by atoms with Crippen LogP contribution in [0, 0.1) is 10.1 Å². The molecule has 1 aliphatic rings. The van der Waals surface area contributed by atoms with Crippen LogP contribution in [0.2, 0.25) is 0 Å². The van der Waals surface area contributed by atoms with E-state index in [9.17, 15) is 10.1 Å². The van der Waals surface area contributed by atoms with Crippen molar-refractivity contribution in [1.82, 2.24) is 4.98 Å². The van der Waals surface area contributed by atoms with Crippen molar-refractivity contribution in [1.29, 1.82) is 0 Å². The first-order valence-corrected chi connectivity index (χ1v) is 6.83. The first-order chi connectivity index (χ1) is 9.60. The van der Waals surface area contributed by atoms with Gasteiger partial charge in [0.15, 0.2) is 0 Å². The molecule has 0 radical (unpaired) electrons. The molecule has 1 fully saturated rings.